The Bertz CT molecular complexity index is 744. The fourth-order valence-electron chi connectivity index (χ4n) is 3.40. The standard InChI is InChI=1S/C19H25FN4O.ClH/c1-12(2)18-17(19(25)23-15-8-9-21-13(3)10-15)11-22-24(18)16-6-4-14(20)5-7-16;/h4-7,11-13,15,21H,8-10H2,1-3H3,(H,23,25);1H. The number of hydrogen-bond acceptors (Lipinski definition) is 3. The van der Waals surface area contributed by atoms with Gasteiger partial charge < -0.3 is 10.6 Å². The SMILES string of the molecule is CC1CC(NC(=O)c2cnn(-c3ccc(F)cc3)c2C(C)C)CCN1.Cl. The lowest BCUT2D eigenvalue weighted by atomic mass is 9.99. The van der Waals surface area contributed by atoms with E-state index < -0.39 is 0 Å². The number of halogens is 2. The van der Waals surface area contributed by atoms with Gasteiger partial charge in [-0.25, -0.2) is 9.07 Å². The van der Waals surface area contributed by atoms with Crippen molar-refractivity contribution in [3.8, 4) is 5.69 Å². The number of benzene rings is 1. The Balaban J connectivity index is 0.00000243. The van der Waals surface area contributed by atoms with Crippen LogP contribution in [0.3, 0.4) is 0 Å². The molecule has 0 saturated carbocycles. The highest BCUT2D eigenvalue weighted by atomic mass is 35.5. The zero-order valence-electron chi connectivity index (χ0n) is 15.3. The van der Waals surface area contributed by atoms with Crippen molar-refractivity contribution in [2.75, 3.05) is 6.54 Å². The van der Waals surface area contributed by atoms with E-state index in [0.717, 1.165) is 30.8 Å². The molecule has 1 aliphatic rings. The van der Waals surface area contributed by atoms with E-state index in [0.29, 0.717) is 11.6 Å². The number of nitrogens with zero attached hydrogens (tertiary/aromatic N) is 2. The maximum Gasteiger partial charge on any atom is 0.255 e. The Morgan fingerprint density at radius 1 is 1.35 bits per heavy atom. The first-order valence-electron chi connectivity index (χ1n) is 8.83. The average molecular weight is 381 g/mol. The minimum Gasteiger partial charge on any atom is -0.349 e. The van der Waals surface area contributed by atoms with Gasteiger partial charge in [-0.2, -0.15) is 5.10 Å². The van der Waals surface area contributed by atoms with E-state index in [9.17, 15) is 9.18 Å². The summed E-state index contributed by atoms with van der Waals surface area (Å²) in [5.41, 5.74) is 2.18. The van der Waals surface area contributed by atoms with Gasteiger partial charge in [-0.3, -0.25) is 4.79 Å². The fourth-order valence-corrected chi connectivity index (χ4v) is 3.40. The van der Waals surface area contributed by atoms with Crippen molar-refractivity contribution >= 4 is 18.3 Å². The van der Waals surface area contributed by atoms with Crippen LogP contribution in [0.2, 0.25) is 0 Å². The van der Waals surface area contributed by atoms with Gasteiger partial charge in [0.25, 0.3) is 5.91 Å². The van der Waals surface area contributed by atoms with Crippen LogP contribution in [0.4, 0.5) is 4.39 Å². The zero-order valence-corrected chi connectivity index (χ0v) is 16.1. The molecule has 2 N–H and O–H groups in total. The molecule has 26 heavy (non-hydrogen) atoms. The van der Waals surface area contributed by atoms with Gasteiger partial charge in [-0.15, -0.1) is 12.4 Å². The van der Waals surface area contributed by atoms with E-state index in [4.69, 9.17) is 0 Å². The molecule has 1 aromatic heterocycles. The summed E-state index contributed by atoms with van der Waals surface area (Å²) in [6.07, 6.45) is 3.46. The summed E-state index contributed by atoms with van der Waals surface area (Å²) in [6, 6.07) is 6.73. The van der Waals surface area contributed by atoms with Gasteiger partial charge >= 0.3 is 0 Å². The van der Waals surface area contributed by atoms with Crippen molar-refractivity contribution in [1.29, 1.82) is 0 Å². The summed E-state index contributed by atoms with van der Waals surface area (Å²) in [6.45, 7) is 7.10. The molecule has 2 aromatic rings. The second kappa shape index (κ2) is 8.64. The van der Waals surface area contributed by atoms with Crippen LogP contribution in [0.5, 0.6) is 0 Å². The van der Waals surface area contributed by atoms with Crippen LogP contribution in [0.1, 0.15) is 55.6 Å². The first-order valence-corrected chi connectivity index (χ1v) is 8.83. The highest BCUT2D eigenvalue weighted by molar-refractivity contribution is 5.95. The van der Waals surface area contributed by atoms with E-state index in [-0.39, 0.29) is 36.1 Å². The van der Waals surface area contributed by atoms with Crippen LogP contribution in [-0.4, -0.2) is 34.3 Å². The van der Waals surface area contributed by atoms with E-state index in [1.165, 1.54) is 12.1 Å². The van der Waals surface area contributed by atoms with Crippen LogP contribution in [0, 0.1) is 5.82 Å². The van der Waals surface area contributed by atoms with Crippen molar-refractivity contribution in [2.45, 2.75) is 51.6 Å². The van der Waals surface area contributed by atoms with Gasteiger partial charge in [0.2, 0.25) is 0 Å². The Labute approximate surface area is 159 Å². The average Bonchev–Trinajstić information content (AvgIpc) is 3.01. The lowest BCUT2D eigenvalue weighted by Gasteiger charge is -2.28. The molecule has 0 aliphatic carbocycles. The molecule has 7 heteroatoms. The maximum atomic E-state index is 13.2. The number of amides is 1. The second-order valence-electron chi connectivity index (χ2n) is 7.04. The van der Waals surface area contributed by atoms with Gasteiger partial charge in [-0.05, 0) is 56.5 Å². The predicted molar refractivity (Wildman–Crippen MR) is 103 cm³/mol. The van der Waals surface area contributed by atoms with Gasteiger partial charge in [0, 0.05) is 12.1 Å². The van der Waals surface area contributed by atoms with Gasteiger partial charge in [-0.1, -0.05) is 13.8 Å². The molecule has 1 aliphatic heterocycles. The first-order chi connectivity index (χ1) is 12.0. The molecule has 1 aromatic carbocycles. The first kappa shape index (κ1) is 20.4. The molecule has 1 saturated heterocycles. The fraction of sp³-hybridized carbons (Fsp3) is 0.474. The Kier molecular flexibility index (Phi) is 6.78. The maximum absolute atomic E-state index is 13.2. The molecule has 2 atom stereocenters. The highest BCUT2D eigenvalue weighted by Gasteiger charge is 2.25. The number of carbonyl (C=O) groups excluding carboxylic acids is 1. The van der Waals surface area contributed by atoms with Gasteiger partial charge in [0.15, 0.2) is 0 Å². The lowest BCUT2D eigenvalue weighted by Crippen LogP contribution is -2.46. The van der Waals surface area contributed by atoms with Gasteiger partial charge in [0.1, 0.15) is 5.82 Å². The molecular weight excluding hydrogens is 355 g/mol. The molecule has 142 valence electrons. The number of nitrogens with one attached hydrogen (secondary N) is 2. The number of hydrogen-bond donors (Lipinski definition) is 2. The monoisotopic (exact) mass is 380 g/mol. The van der Waals surface area contributed by atoms with Crippen molar-refractivity contribution in [3.63, 3.8) is 0 Å². The largest absolute Gasteiger partial charge is 0.349 e. The summed E-state index contributed by atoms with van der Waals surface area (Å²) < 4.78 is 14.9. The normalized spacial score (nSPS) is 19.9. The van der Waals surface area contributed by atoms with E-state index in [1.54, 1.807) is 23.0 Å². The molecule has 0 bridgehead atoms. The molecule has 2 heterocycles. The van der Waals surface area contributed by atoms with Crippen molar-refractivity contribution in [2.24, 2.45) is 0 Å². The van der Waals surface area contributed by atoms with Crippen molar-refractivity contribution < 1.29 is 9.18 Å². The molecule has 3 rings (SSSR count). The third kappa shape index (κ3) is 4.43. The summed E-state index contributed by atoms with van der Waals surface area (Å²) in [7, 11) is 0. The quantitative estimate of drug-likeness (QED) is 0.854. The minimum atomic E-state index is -0.292. The molecular formula is C19H26ClFN4O. The van der Waals surface area contributed by atoms with Crippen LogP contribution >= 0.6 is 12.4 Å². The molecule has 5 nitrogen and oxygen atoms in total. The van der Waals surface area contributed by atoms with Crippen molar-refractivity contribution in [1.82, 2.24) is 20.4 Å². The topological polar surface area (TPSA) is 59.0 Å². The molecule has 1 amide bonds. The van der Waals surface area contributed by atoms with Crippen LogP contribution in [0.15, 0.2) is 30.5 Å². The third-order valence-corrected chi connectivity index (χ3v) is 4.63. The summed E-state index contributed by atoms with van der Waals surface area (Å²) in [5, 5.41) is 10.9. The number of carbonyl (C=O) groups is 1. The van der Waals surface area contributed by atoms with Crippen LogP contribution in [0.25, 0.3) is 5.69 Å². The molecule has 1 fully saturated rings. The number of rotatable bonds is 4. The molecule has 2 unspecified atom stereocenters. The Morgan fingerprint density at radius 2 is 2.04 bits per heavy atom. The Hall–Kier alpha value is -1.92. The van der Waals surface area contributed by atoms with Crippen LogP contribution in [-0.2, 0) is 0 Å². The smallest absolute Gasteiger partial charge is 0.255 e. The summed E-state index contributed by atoms with van der Waals surface area (Å²) >= 11 is 0. The number of aromatic nitrogens is 2. The third-order valence-electron chi connectivity index (χ3n) is 4.63. The Morgan fingerprint density at radius 3 is 2.65 bits per heavy atom. The van der Waals surface area contributed by atoms with Crippen molar-refractivity contribution in [3.05, 3.63) is 47.5 Å². The molecule has 0 spiro atoms. The molecule has 0 radical (unpaired) electrons. The van der Waals surface area contributed by atoms with E-state index in [2.05, 4.69) is 22.7 Å². The second-order valence-corrected chi connectivity index (χ2v) is 7.04. The van der Waals surface area contributed by atoms with E-state index >= 15 is 0 Å². The minimum absolute atomic E-state index is 0. The zero-order chi connectivity index (χ0) is 18.0. The van der Waals surface area contributed by atoms with Crippen LogP contribution < -0.4 is 10.6 Å². The van der Waals surface area contributed by atoms with E-state index in [1.807, 2.05) is 13.8 Å². The predicted octanol–water partition coefficient (Wildman–Crippen LogP) is 3.43. The number of piperidine rings is 1. The highest BCUT2D eigenvalue weighted by Crippen LogP contribution is 2.23. The van der Waals surface area contributed by atoms with Gasteiger partial charge in [0.05, 0.1) is 23.1 Å². The lowest BCUT2D eigenvalue weighted by molar-refractivity contribution is 0.0924. The summed E-state index contributed by atoms with van der Waals surface area (Å²) in [5.74, 6) is -0.267. The summed E-state index contributed by atoms with van der Waals surface area (Å²) in [4.78, 5) is 12.8.